The SMILES string of the molecule is CNC(C)(C1=Cc2c(nc(C)c(C#N)c2C)C1)c1c(C)c(C)c(C)c2[nH]ccc12. The third-order valence-corrected chi connectivity index (χ3v) is 7.08. The zero-order valence-electron chi connectivity index (χ0n) is 18.3. The lowest BCUT2D eigenvalue weighted by Crippen LogP contribution is -2.40. The van der Waals surface area contributed by atoms with E-state index in [1.807, 2.05) is 27.1 Å². The third kappa shape index (κ3) is 2.58. The lowest BCUT2D eigenvalue weighted by atomic mass is 9.77. The first-order valence-corrected chi connectivity index (χ1v) is 10.1. The maximum absolute atomic E-state index is 9.54. The van der Waals surface area contributed by atoms with Crippen molar-refractivity contribution in [1.29, 1.82) is 5.26 Å². The van der Waals surface area contributed by atoms with E-state index in [1.165, 1.54) is 38.7 Å². The van der Waals surface area contributed by atoms with Gasteiger partial charge >= 0.3 is 0 Å². The molecule has 148 valence electrons. The van der Waals surface area contributed by atoms with Crippen LogP contribution in [0.25, 0.3) is 17.0 Å². The largest absolute Gasteiger partial charge is 0.361 e. The molecule has 1 aromatic carbocycles. The molecule has 2 N–H and O–H groups in total. The number of likely N-dealkylation sites (N-methyl/N-ethyl adjacent to an activating group) is 1. The van der Waals surface area contributed by atoms with Gasteiger partial charge < -0.3 is 10.3 Å². The molecule has 1 unspecified atom stereocenters. The lowest BCUT2D eigenvalue weighted by Gasteiger charge is -2.35. The molecule has 0 amide bonds. The second-order valence-corrected chi connectivity index (χ2v) is 8.41. The van der Waals surface area contributed by atoms with Crippen molar-refractivity contribution in [3.63, 3.8) is 0 Å². The van der Waals surface area contributed by atoms with Gasteiger partial charge in [-0.2, -0.15) is 5.26 Å². The molecule has 4 rings (SSSR count). The summed E-state index contributed by atoms with van der Waals surface area (Å²) < 4.78 is 0. The van der Waals surface area contributed by atoms with Gasteiger partial charge in [-0.15, -0.1) is 0 Å². The number of benzene rings is 1. The topological polar surface area (TPSA) is 64.5 Å². The van der Waals surface area contributed by atoms with E-state index in [2.05, 4.69) is 56.2 Å². The number of H-pyrrole nitrogens is 1. The van der Waals surface area contributed by atoms with Gasteiger partial charge in [0.25, 0.3) is 0 Å². The Labute approximate surface area is 172 Å². The van der Waals surface area contributed by atoms with Crippen LogP contribution in [0.4, 0.5) is 0 Å². The van der Waals surface area contributed by atoms with Crippen LogP contribution >= 0.6 is 0 Å². The van der Waals surface area contributed by atoms with E-state index in [1.54, 1.807) is 0 Å². The van der Waals surface area contributed by atoms with Crippen LogP contribution in [0.15, 0.2) is 17.8 Å². The predicted octanol–water partition coefficient (Wildman–Crippen LogP) is 5.05. The molecule has 1 atom stereocenters. The van der Waals surface area contributed by atoms with Gasteiger partial charge in [-0.1, -0.05) is 6.08 Å². The monoisotopic (exact) mass is 384 g/mol. The number of nitriles is 1. The number of pyridine rings is 1. The molecule has 1 aliphatic carbocycles. The Balaban J connectivity index is 1.96. The molecule has 2 heterocycles. The van der Waals surface area contributed by atoms with Crippen molar-refractivity contribution in [2.45, 2.75) is 53.5 Å². The van der Waals surface area contributed by atoms with Crippen molar-refractivity contribution >= 4 is 17.0 Å². The highest BCUT2D eigenvalue weighted by molar-refractivity contribution is 5.90. The van der Waals surface area contributed by atoms with Crippen LogP contribution in [-0.2, 0) is 12.0 Å². The molecule has 4 heteroatoms. The zero-order valence-corrected chi connectivity index (χ0v) is 18.3. The Morgan fingerprint density at radius 1 is 1.10 bits per heavy atom. The first kappa shape index (κ1) is 19.4. The van der Waals surface area contributed by atoms with Gasteiger partial charge in [0, 0.05) is 29.1 Å². The molecule has 0 radical (unpaired) electrons. The summed E-state index contributed by atoms with van der Waals surface area (Å²) in [5.41, 5.74) is 12.1. The van der Waals surface area contributed by atoms with E-state index in [9.17, 15) is 5.26 Å². The summed E-state index contributed by atoms with van der Waals surface area (Å²) in [4.78, 5) is 8.21. The molecular weight excluding hydrogens is 356 g/mol. The van der Waals surface area contributed by atoms with Crippen molar-refractivity contribution in [1.82, 2.24) is 15.3 Å². The molecule has 0 fully saturated rings. The van der Waals surface area contributed by atoms with Crippen LogP contribution in [0.1, 0.15) is 57.3 Å². The highest BCUT2D eigenvalue weighted by atomic mass is 14.9. The van der Waals surface area contributed by atoms with Crippen LogP contribution in [0.2, 0.25) is 0 Å². The van der Waals surface area contributed by atoms with Crippen molar-refractivity contribution in [2.75, 3.05) is 7.05 Å². The smallest absolute Gasteiger partial charge is 0.101 e. The number of hydrogen-bond donors (Lipinski definition) is 2. The Hall–Kier alpha value is -2.90. The number of hydrogen-bond acceptors (Lipinski definition) is 3. The van der Waals surface area contributed by atoms with Crippen molar-refractivity contribution < 1.29 is 0 Å². The Bertz CT molecular complexity index is 1240. The number of fused-ring (bicyclic) bond motifs is 2. The highest BCUT2D eigenvalue weighted by Gasteiger charge is 2.37. The Morgan fingerprint density at radius 3 is 2.48 bits per heavy atom. The number of aryl methyl sites for hydroxylation is 2. The molecule has 0 saturated heterocycles. The summed E-state index contributed by atoms with van der Waals surface area (Å²) >= 11 is 0. The fourth-order valence-corrected chi connectivity index (χ4v) is 5.00. The minimum Gasteiger partial charge on any atom is -0.361 e. The summed E-state index contributed by atoms with van der Waals surface area (Å²) in [7, 11) is 2.03. The first-order chi connectivity index (χ1) is 13.7. The average Bonchev–Trinajstić information content (AvgIpc) is 3.34. The minimum atomic E-state index is -0.336. The summed E-state index contributed by atoms with van der Waals surface area (Å²) in [6.45, 7) is 12.8. The van der Waals surface area contributed by atoms with Crippen molar-refractivity contribution in [2.24, 2.45) is 0 Å². The normalized spacial score (nSPS) is 15.2. The van der Waals surface area contributed by atoms with Gasteiger partial charge in [0.2, 0.25) is 0 Å². The number of aromatic nitrogens is 2. The lowest BCUT2D eigenvalue weighted by molar-refractivity contribution is 0.469. The number of rotatable bonds is 3. The molecule has 2 aromatic heterocycles. The van der Waals surface area contributed by atoms with Crippen LogP contribution < -0.4 is 5.32 Å². The number of nitrogens with zero attached hydrogens (tertiary/aromatic N) is 2. The summed E-state index contributed by atoms with van der Waals surface area (Å²) in [5.74, 6) is 0. The van der Waals surface area contributed by atoms with Crippen LogP contribution in [0, 0.1) is 45.9 Å². The second-order valence-electron chi connectivity index (χ2n) is 8.41. The van der Waals surface area contributed by atoms with E-state index in [-0.39, 0.29) is 5.54 Å². The van der Waals surface area contributed by atoms with E-state index < -0.39 is 0 Å². The molecular formula is C25H28N4. The Kier molecular flexibility index (Phi) is 4.40. The van der Waals surface area contributed by atoms with E-state index >= 15 is 0 Å². The first-order valence-electron chi connectivity index (χ1n) is 10.1. The maximum atomic E-state index is 9.54. The molecule has 0 saturated carbocycles. The molecule has 0 aliphatic heterocycles. The van der Waals surface area contributed by atoms with Crippen LogP contribution in [0.5, 0.6) is 0 Å². The predicted molar refractivity (Wildman–Crippen MR) is 119 cm³/mol. The fraction of sp³-hybridized carbons (Fsp3) is 0.360. The molecule has 4 nitrogen and oxygen atoms in total. The van der Waals surface area contributed by atoms with E-state index in [0.29, 0.717) is 5.56 Å². The number of aromatic amines is 1. The summed E-state index contributed by atoms with van der Waals surface area (Å²) in [5, 5.41) is 14.4. The number of nitrogens with one attached hydrogen (secondary N) is 2. The van der Waals surface area contributed by atoms with Gasteiger partial charge in [-0.05, 0) is 88.0 Å². The standard InChI is InChI=1S/C25H28N4/c1-13-14(2)23(19-8-9-28-24(19)15(13)3)25(6,27-7)18-10-20-16(4)21(12-26)17(5)29-22(20)11-18/h8-10,27-28H,11H2,1-7H3. The van der Waals surface area contributed by atoms with E-state index in [4.69, 9.17) is 4.98 Å². The Morgan fingerprint density at radius 2 is 1.83 bits per heavy atom. The third-order valence-electron chi connectivity index (χ3n) is 7.08. The zero-order chi connectivity index (χ0) is 21.1. The summed E-state index contributed by atoms with van der Waals surface area (Å²) in [6.07, 6.45) is 5.07. The van der Waals surface area contributed by atoms with E-state index in [0.717, 1.165) is 28.9 Å². The van der Waals surface area contributed by atoms with Gasteiger partial charge in [-0.25, -0.2) is 0 Å². The van der Waals surface area contributed by atoms with Gasteiger partial charge in [0.15, 0.2) is 0 Å². The van der Waals surface area contributed by atoms with Crippen LogP contribution in [0.3, 0.4) is 0 Å². The van der Waals surface area contributed by atoms with Crippen molar-refractivity contribution in [3.8, 4) is 6.07 Å². The highest BCUT2D eigenvalue weighted by Crippen LogP contribution is 2.43. The summed E-state index contributed by atoms with van der Waals surface area (Å²) in [6, 6.07) is 4.51. The molecule has 0 bridgehead atoms. The van der Waals surface area contributed by atoms with Gasteiger partial charge in [0.05, 0.1) is 22.5 Å². The molecule has 1 aliphatic rings. The van der Waals surface area contributed by atoms with Gasteiger partial charge in [-0.3, -0.25) is 4.98 Å². The average molecular weight is 385 g/mol. The molecule has 3 aromatic rings. The fourth-order valence-electron chi connectivity index (χ4n) is 5.00. The quantitative estimate of drug-likeness (QED) is 0.664. The maximum Gasteiger partial charge on any atom is 0.101 e. The minimum absolute atomic E-state index is 0.336. The van der Waals surface area contributed by atoms with Gasteiger partial charge in [0.1, 0.15) is 6.07 Å². The molecule has 0 spiro atoms. The van der Waals surface area contributed by atoms with Crippen LogP contribution in [-0.4, -0.2) is 17.0 Å². The second kappa shape index (κ2) is 6.57. The van der Waals surface area contributed by atoms with Crippen molar-refractivity contribution in [3.05, 3.63) is 68.2 Å². The molecule has 29 heavy (non-hydrogen) atoms.